The lowest BCUT2D eigenvalue weighted by molar-refractivity contribution is -0.137. The number of carbonyl (C=O) groups is 2. The Morgan fingerprint density at radius 1 is 1.00 bits per heavy atom. The third kappa shape index (κ3) is 12.0. The van der Waals surface area contributed by atoms with E-state index >= 15 is 0 Å². The Kier molecular flexibility index (Phi) is 13.5. The van der Waals surface area contributed by atoms with Crippen molar-refractivity contribution in [3.8, 4) is 5.75 Å². The van der Waals surface area contributed by atoms with Gasteiger partial charge in [-0.1, -0.05) is 52.2 Å². The number of carbonyl (C=O) groups excluding carboxylic acids is 2. The van der Waals surface area contributed by atoms with Gasteiger partial charge in [-0.15, -0.1) is 0 Å². The fraction of sp³-hybridized carbons (Fsp3) is 0.643. The zero-order chi connectivity index (χ0) is 26.5. The highest BCUT2D eigenvalue weighted by Gasteiger charge is 2.38. The van der Waals surface area contributed by atoms with Crippen molar-refractivity contribution in [2.24, 2.45) is 0 Å². The molecule has 2 atom stereocenters. The van der Waals surface area contributed by atoms with Crippen LogP contribution in [0.15, 0.2) is 36.4 Å². The van der Waals surface area contributed by atoms with Crippen molar-refractivity contribution in [1.29, 1.82) is 0 Å². The van der Waals surface area contributed by atoms with Crippen molar-refractivity contribution < 1.29 is 28.2 Å². The smallest absolute Gasteiger partial charge is 0.330 e. The Bertz CT molecular complexity index is 795. The van der Waals surface area contributed by atoms with Crippen LogP contribution in [0.3, 0.4) is 0 Å². The molecule has 0 aliphatic carbocycles. The van der Waals surface area contributed by atoms with Crippen molar-refractivity contribution in [1.82, 2.24) is 0 Å². The van der Waals surface area contributed by atoms with Crippen molar-refractivity contribution in [3.05, 3.63) is 42.0 Å². The second-order valence-electron chi connectivity index (χ2n) is 10.5. The molecule has 0 saturated heterocycles. The van der Waals surface area contributed by atoms with E-state index in [1.54, 1.807) is 14.0 Å². The summed E-state index contributed by atoms with van der Waals surface area (Å²) in [5.41, 5.74) is 0.953. The van der Waals surface area contributed by atoms with E-state index in [0.717, 1.165) is 37.0 Å². The predicted molar refractivity (Wildman–Crippen MR) is 143 cm³/mol. The van der Waals surface area contributed by atoms with E-state index in [-0.39, 0.29) is 23.5 Å². The summed E-state index contributed by atoms with van der Waals surface area (Å²) >= 11 is 0. The van der Waals surface area contributed by atoms with Crippen LogP contribution in [0.25, 0.3) is 0 Å². The lowest BCUT2D eigenvalue weighted by Crippen LogP contribution is -2.43. The normalized spacial score (nSPS) is 14.1. The summed E-state index contributed by atoms with van der Waals surface area (Å²) in [4.78, 5) is 24.4. The molecule has 1 aromatic rings. The molecule has 0 unspecified atom stereocenters. The minimum atomic E-state index is -1.76. The molecule has 198 valence electrons. The highest BCUT2D eigenvalue weighted by atomic mass is 28.4. The van der Waals surface area contributed by atoms with Crippen LogP contribution in [-0.2, 0) is 30.1 Å². The zero-order valence-electron chi connectivity index (χ0n) is 23.0. The molecule has 0 aliphatic heterocycles. The van der Waals surface area contributed by atoms with Crippen LogP contribution >= 0.6 is 0 Å². The maximum atomic E-state index is 12.7. The van der Waals surface area contributed by atoms with Crippen molar-refractivity contribution in [2.75, 3.05) is 13.7 Å². The quantitative estimate of drug-likeness (QED) is 0.108. The van der Waals surface area contributed by atoms with Gasteiger partial charge < -0.3 is 18.6 Å². The zero-order valence-corrected chi connectivity index (χ0v) is 24.0. The summed E-state index contributed by atoms with van der Waals surface area (Å²) < 4.78 is 22.5. The molecule has 0 spiro atoms. The predicted octanol–water partition coefficient (Wildman–Crippen LogP) is 6.63. The van der Waals surface area contributed by atoms with Crippen LogP contribution in [0.5, 0.6) is 5.75 Å². The van der Waals surface area contributed by atoms with Gasteiger partial charge in [0.05, 0.1) is 20.3 Å². The number of benzene rings is 1. The summed E-state index contributed by atoms with van der Waals surface area (Å²) in [6.07, 6.45) is 6.55. The van der Waals surface area contributed by atoms with E-state index in [2.05, 4.69) is 40.8 Å². The van der Waals surface area contributed by atoms with E-state index in [1.165, 1.54) is 12.2 Å². The van der Waals surface area contributed by atoms with E-state index in [9.17, 15) is 9.59 Å². The first-order valence-corrected chi connectivity index (χ1v) is 15.6. The number of methoxy groups -OCH3 is 1. The number of ketones is 1. The maximum Gasteiger partial charge on any atom is 0.330 e. The van der Waals surface area contributed by atoms with E-state index in [4.69, 9.17) is 18.6 Å². The molecule has 35 heavy (non-hydrogen) atoms. The molecule has 0 aromatic heterocycles. The van der Waals surface area contributed by atoms with Crippen LogP contribution in [0.2, 0.25) is 18.1 Å². The molecule has 0 heterocycles. The Balaban J connectivity index is 2.60. The minimum absolute atomic E-state index is 0.202. The van der Waals surface area contributed by atoms with Crippen LogP contribution in [0.4, 0.5) is 0 Å². The fourth-order valence-corrected chi connectivity index (χ4v) is 4.83. The van der Waals surface area contributed by atoms with Gasteiger partial charge in [-0.25, -0.2) is 4.79 Å². The third-order valence-corrected chi connectivity index (χ3v) is 11.1. The van der Waals surface area contributed by atoms with Gasteiger partial charge in [-0.2, -0.15) is 0 Å². The molecule has 1 rings (SSSR count). The van der Waals surface area contributed by atoms with Gasteiger partial charge in [0, 0.05) is 12.2 Å². The number of ether oxygens (including phenoxy) is 3. The monoisotopic (exact) mass is 506 g/mol. The molecule has 0 fully saturated rings. The molecule has 1 aromatic carbocycles. The molecular weight excluding hydrogens is 460 g/mol. The van der Waals surface area contributed by atoms with Crippen LogP contribution in [0.1, 0.15) is 72.3 Å². The van der Waals surface area contributed by atoms with Crippen molar-refractivity contribution in [3.63, 3.8) is 0 Å². The first-order chi connectivity index (χ1) is 16.4. The van der Waals surface area contributed by atoms with Crippen LogP contribution in [0, 0.1) is 0 Å². The Morgan fingerprint density at radius 2 is 1.63 bits per heavy atom. The molecular formula is C28H46O6Si. The number of unbranched alkanes of at least 4 members (excludes halogenated alkanes) is 2. The second kappa shape index (κ2) is 15.2. The highest BCUT2D eigenvalue weighted by molar-refractivity contribution is 6.74. The van der Waals surface area contributed by atoms with Gasteiger partial charge in [0.2, 0.25) is 0 Å². The Labute approximate surface area is 213 Å². The molecule has 7 heteroatoms. The van der Waals surface area contributed by atoms with Gasteiger partial charge in [0.25, 0.3) is 0 Å². The molecule has 0 radical (unpaired) electrons. The first-order valence-electron chi connectivity index (χ1n) is 12.7. The van der Waals surface area contributed by atoms with Gasteiger partial charge in [-0.3, -0.25) is 4.79 Å². The van der Waals surface area contributed by atoms with E-state index < -0.39 is 20.4 Å². The average Bonchev–Trinajstić information content (AvgIpc) is 2.78. The number of hydrogen-bond donors (Lipinski definition) is 0. The molecule has 0 aliphatic rings. The molecule has 6 nitrogen and oxygen atoms in total. The molecule has 0 amide bonds. The van der Waals surface area contributed by atoms with Crippen LogP contribution in [-0.4, -0.2) is 46.0 Å². The van der Waals surface area contributed by atoms with Gasteiger partial charge in [-0.05, 0) is 68.6 Å². The SMILES string of the molecule is CCOC(=O)/C=C/C(=O)[C@@H](CCCCC[C@H](C)O[Si](C)(C)C(C)(C)C)OCc1ccc(OC)cc1. The number of rotatable bonds is 16. The van der Waals surface area contributed by atoms with Crippen molar-refractivity contribution >= 4 is 20.1 Å². The van der Waals surface area contributed by atoms with Crippen LogP contribution < -0.4 is 4.74 Å². The van der Waals surface area contributed by atoms with Gasteiger partial charge in [0.1, 0.15) is 11.9 Å². The van der Waals surface area contributed by atoms with Crippen molar-refractivity contribution in [2.45, 2.75) is 104 Å². The molecule has 0 bridgehead atoms. The third-order valence-electron chi connectivity index (χ3n) is 6.48. The van der Waals surface area contributed by atoms with E-state index in [1.807, 2.05) is 24.3 Å². The number of hydrogen-bond acceptors (Lipinski definition) is 6. The van der Waals surface area contributed by atoms with E-state index in [0.29, 0.717) is 13.0 Å². The topological polar surface area (TPSA) is 71.1 Å². The fourth-order valence-electron chi connectivity index (χ4n) is 3.35. The highest BCUT2D eigenvalue weighted by Crippen LogP contribution is 2.37. The first kappa shape index (κ1) is 31.1. The lowest BCUT2D eigenvalue weighted by Gasteiger charge is -2.38. The summed E-state index contributed by atoms with van der Waals surface area (Å²) in [6, 6.07) is 7.56. The average molecular weight is 507 g/mol. The summed E-state index contributed by atoms with van der Waals surface area (Å²) in [7, 11) is -0.139. The molecule has 0 saturated carbocycles. The lowest BCUT2D eigenvalue weighted by atomic mass is 10.0. The largest absolute Gasteiger partial charge is 0.497 e. The Hall–Kier alpha value is -1.96. The second-order valence-corrected chi connectivity index (χ2v) is 15.2. The summed E-state index contributed by atoms with van der Waals surface area (Å²) in [6.45, 7) is 15.8. The van der Waals surface area contributed by atoms with Gasteiger partial charge >= 0.3 is 5.97 Å². The summed E-state index contributed by atoms with van der Waals surface area (Å²) in [5, 5.41) is 0.202. The summed E-state index contributed by atoms with van der Waals surface area (Å²) in [5.74, 6) is 0.0252. The molecule has 0 N–H and O–H groups in total. The minimum Gasteiger partial charge on any atom is -0.497 e. The Morgan fingerprint density at radius 3 is 2.20 bits per heavy atom. The number of esters is 1. The van der Waals surface area contributed by atoms with Gasteiger partial charge in [0.15, 0.2) is 14.1 Å². The standard InChI is InChI=1S/C28H46O6Si/c1-9-32-27(30)20-19-25(29)26(33-21-23-15-17-24(31-6)18-16-23)14-12-10-11-13-22(2)34-35(7,8)28(3,4)5/h15-20,22,26H,9-14,21H2,1-8H3/b20-19+/t22-,26+/m0/s1. The maximum absolute atomic E-state index is 12.7.